The van der Waals surface area contributed by atoms with Crippen LogP contribution in [0.1, 0.15) is 31.5 Å². The highest BCUT2D eigenvalue weighted by Crippen LogP contribution is 2.24. The Morgan fingerprint density at radius 3 is 2.81 bits per heavy atom. The molecule has 1 aromatic heterocycles. The van der Waals surface area contributed by atoms with Gasteiger partial charge in [0.1, 0.15) is 0 Å². The first-order valence-electron chi connectivity index (χ1n) is 8.06. The monoisotopic (exact) mass is 290 g/mol. The average molecular weight is 290 g/mol. The normalized spacial score (nSPS) is 25.2. The molecule has 2 N–H and O–H groups in total. The van der Waals surface area contributed by atoms with Gasteiger partial charge in [0.2, 0.25) is 0 Å². The van der Waals surface area contributed by atoms with E-state index in [0.29, 0.717) is 6.04 Å². The van der Waals surface area contributed by atoms with Gasteiger partial charge in [-0.1, -0.05) is 6.92 Å². The first-order chi connectivity index (χ1) is 10.3. The molecule has 0 radical (unpaired) electrons. The van der Waals surface area contributed by atoms with Crippen LogP contribution in [0.4, 0.5) is 5.69 Å². The molecule has 3 heterocycles. The zero-order chi connectivity index (χ0) is 14.7. The molecule has 2 aliphatic rings. The molecule has 0 aliphatic carbocycles. The highest BCUT2D eigenvalue weighted by atomic mass is 16.5. The molecule has 0 spiro atoms. The second kappa shape index (κ2) is 6.73. The van der Waals surface area contributed by atoms with Crippen LogP contribution < -0.4 is 10.6 Å². The van der Waals surface area contributed by atoms with Crippen molar-refractivity contribution in [3.05, 3.63) is 24.0 Å². The number of ether oxygens (including phenoxy) is 1. The molecule has 2 atom stereocenters. The Labute approximate surface area is 127 Å². The Morgan fingerprint density at radius 1 is 1.33 bits per heavy atom. The first-order valence-corrected chi connectivity index (χ1v) is 8.06. The fourth-order valence-corrected chi connectivity index (χ4v) is 3.23. The Hall–Kier alpha value is -1.17. The Bertz CT molecular complexity index is 444. The van der Waals surface area contributed by atoms with Gasteiger partial charge in [-0.25, -0.2) is 0 Å². The van der Waals surface area contributed by atoms with Gasteiger partial charge in [0.25, 0.3) is 0 Å². The zero-order valence-electron chi connectivity index (χ0n) is 12.9. The summed E-state index contributed by atoms with van der Waals surface area (Å²) in [6, 6.07) is 4.95. The maximum Gasteiger partial charge on any atom is 0.0594 e. The molecule has 2 aliphatic heterocycles. The third kappa shape index (κ3) is 3.36. The smallest absolute Gasteiger partial charge is 0.0594 e. The van der Waals surface area contributed by atoms with Crippen LogP contribution in [-0.4, -0.2) is 55.3 Å². The van der Waals surface area contributed by atoms with Gasteiger partial charge in [0, 0.05) is 38.3 Å². The summed E-state index contributed by atoms with van der Waals surface area (Å²) < 4.78 is 5.44. The SMILES string of the molecule is CC[C@H](N)c1ccc(N2CCC(N3CCOCC3)C2)cn1. The molecule has 1 aromatic rings. The number of rotatable bonds is 4. The van der Waals surface area contributed by atoms with Crippen molar-refractivity contribution in [3.8, 4) is 0 Å². The minimum absolute atomic E-state index is 0.0544. The van der Waals surface area contributed by atoms with E-state index in [1.54, 1.807) is 0 Å². The number of pyridine rings is 1. The van der Waals surface area contributed by atoms with Crippen molar-refractivity contribution < 1.29 is 4.74 Å². The van der Waals surface area contributed by atoms with Crippen molar-refractivity contribution in [3.63, 3.8) is 0 Å². The lowest BCUT2D eigenvalue weighted by Crippen LogP contribution is -2.44. The van der Waals surface area contributed by atoms with E-state index in [0.717, 1.165) is 51.5 Å². The van der Waals surface area contributed by atoms with Crippen molar-refractivity contribution in [2.75, 3.05) is 44.3 Å². The van der Waals surface area contributed by atoms with E-state index in [4.69, 9.17) is 10.5 Å². The van der Waals surface area contributed by atoms with Crippen LogP contribution >= 0.6 is 0 Å². The molecule has 0 saturated carbocycles. The van der Waals surface area contributed by atoms with E-state index >= 15 is 0 Å². The Balaban J connectivity index is 1.60. The number of anilines is 1. The van der Waals surface area contributed by atoms with Crippen LogP contribution in [0.3, 0.4) is 0 Å². The first kappa shape index (κ1) is 14.8. The van der Waals surface area contributed by atoms with E-state index in [1.165, 1.54) is 12.1 Å². The van der Waals surface area contributed by atoms with Gasteiger partial charge in [0.05, 0.1) is 30.8 Å². The van der Waals surface area contributed by atoms with Crippen molar-refractivity contribution >= 4 is 5.69 Å². The largest absolute Gasteiger partial charge is 0.379 e. The molecule has 21 heavy (non-hydrogen) atoms. The summed E-state index contributed by atoms with van der Waals surface area (Å²) in [5, 5.41) is 0. The van der Waals surface area contributed by atoms with Crippen molar-refractivity contribution in [1.82, 2.24) is 9.88 Å². The summed E-state index contributed by atoms with van der Waals surface area (Å²) in [6.07, 6.45) is 4.14. The lowest BCUT2D eigenvalue weighted by Gasteiger charge is -2.32. The molecule has 2 fully saturated rings. The van der Waals surface area contributed by atoms with Gasteiger partial charge in [-0.05, 0) is 25.0 Å². The molecule has 5 heteroatoms. The highest BCUT2D eigenvalue weighted by molar-refractivity contribution is 5.46. The predicted octanol–water partition coefficient (Wildman–Crippen LogP) is 1.40. The maximum atomic E-state index is 6.02. The van der Waals surface area contributed by atoms with E-state index in [9.17, 15) is 0 Å². The van der Waals surface area contributed by atoms with Crippen LogP contribution in [0.25, 0.3) is 0 Å². The third-order valence-electron chi connectivity index (χ3n) is 4.68. The van der Waals surface area contributed by atoms with E-state index in [-0.39, 0.29) is 6.04 Å². The average Bonchev–Trinajstić information content (AvgIpc) is 3.05. The minimum Gasteiger partial charge on any atom is -0.379 e. The second-order valence-corrected chi connectivity index (χ2v) is 5.99. The lowest BCUT2D eigenvalue weighted by atomic mass is 10.1. The summed E-state index contributed by atoms with van der Waals surface area (Å²) >= 11 is 0. The van der Waals surface area contributed by atoms with Crippen LogP contribution in [0.15, 0.2) is 18.3 Å². The summed E-state index contributed by atoms with van der Waals surface area (Å²) in [6.45, 7) is 8.20. The Kier molecular flexibility index (Phi) is 4.73. The molecular formula is C16H26N4O. The molecule has 0 bridgehead atoms. The summed E-state index contributed by atoms with van der Waals surface area (Å²) in [5.74, 6) is 0. The van der Waals surface area contributed by atoms with Gasteiger partial charge in [0.15, 0.2) is 0 Å². The van der Waals surface area contributed by atoms with Crippen LogP contribution in [0.2, 0.25) is 0 Å². The fraction of sp³-hybridized carbons (Fsp3) is 0.688. The Morgan fingerprint density at radius 2 is 2.14 bits per heavy atom. The van der Waals surface area contributed by atoms with Gasteiger partial charge >= 0.3 is 0 Å². The predicted molar refractivity (Wildman–Crippen MR) is 84.5 cm³/mol. The van der Waals surface area contributed by atoms with Gasteiger partial charge in [-0.15, -0.1) is 0 Å². The summed E-state index contributed by atoms with van der Waals surface area (Å²) in [5.41, 5.74) is 8.23. The highest BCUT2D eigenvalue weighted by Gasteiger charge is 2.28. The van der Waals surface area contributed by atoms with Crippen molar-refractivity contribution in [1.29, 1.82) is 0 Å². The van der Waals surface area contributed by atoms with Gasteiger partial charge in [-0.3, -0.25) is 9.88 Å². The topological polar surface area (TPSA) is 54.6 Å². The summed E-state index contributed by atoms with van der Waals surface area (Å²) in [7, 11) is 0. The van der Waals surface area contributed by atoms with Crippen LogP contribution in [-0.2, 0) is 4.74 Å². The van der Waals surface area contributed by atoms with Crippen molar-refractivity contribution in [2.45, 2.75) is 31.8 Å². The molecule has 1 unspecified atom stereocenters. The van der Waals surface area contributed by atoms with Gasteiger partial charge in [-0.2, -0.15) is 0 Å². The second-order valence-electron chi connectivity index (χ2n) is 5.99. The zero-order valence-corrected chi connectivity index (χ0v) is 12.9. The fourth-order valence-electron chi connectivity index (χ4n) is 3.23. The van der Waals surface area contributed by atoms with E-state index < -0.39 is 0 Å². The molecule has 0 aromatic carbocycles. The molecule has 116 valence electrons. The number of hydrogen-bond acceptors (Lipinski definition) is 5. The molecular weight excluding hydrogens is 264 g/mol. The minimum atomic E-state index is 0.0544. The van der Waals surface area contributed by atoms with E-state index in [1.807, 2.05) is 6.20 Å². The van der Waals surface area contributed by atoms with Crippen LogP contribution in [0, 0.1) is 0 Å². The molecule has 5 nitrogen and oxygen atoms in total. The molecule has 3 rings (SSSR count). The summed E-state index contributed by atoms with van der Waals surface area (Å²) in [4.78, 5) is 9.54. The number of nitrogens with two attached hydrogens (primary N) is 1. The van der Waals surface area contributed by atoms with Gasteiger partial charge < -0.3 is 15.4 Å². The third-order valence-corrected chi connectivity index (χ3v) is 4.68. The quantitative estimate of drug-likeness (QED) is 0.908. The lowest BCUT2D eigenvalue weighted by molar-refractivity contribution is 0.0209. The number of hydrogen-bond donors (Lipinski definition) is 1. The molecule has 2 saturated heterocycles. The number of nitrogens with zero attached hydrogens (tertiary/aromatic N) is 3. The van der Waals surface area contributed by atoms with Crippen molar-refractivity contribution in [2.24, 2.45) is 5.73 Å². The van der Waals surface area contributed by atoms with Crippen LogP contribution in [0.5, 0.6) is 0 Å². The maximum absolute atomic E-state index is 6.02. The van der Waals surface area contributed by atoms with E-state index in [2.05, 4.69) is 33.8 Å². The molecule has 0 amide bonds. The number of aromatic nitrogens is 1. The standard InChI is InChI=1S/C16H26N4O/c1-2-15(17)16-4-3-13(11-18-16)20-6-5-14(12-20)19-7-9-21-10-8-19/h3-4,11,14-15H,2,5-10,12,17H2,1H3/t14?,15-/m0/s1. The number of morpholine rings is 1.